The second-order valence-corrected chi connectivity index (χ2v) is 4.13. The summed E-state index contributed by atoms with van der Waals surface area (Å²) in [6.07, 6.45) is 6.42. The van der Waals surface area contributed by atoms with Crippen molar-refractivity contribution in [3.63, 3.8) is 0 Å². The van der Waals surface area contributed by atoms with Gasteiger partial charge in [-0.1, -0.05) is 19.1 Å². The van der Waals surface area contributed by atoms with E-state index in [9.17, 15) is 0 Å². The zero-order chi connectivity index (χ0) is 5.20. The Bertz CT molecular complexity index is 222. The highest BCUT2D eigenvalue weighted by Crippen LogP contribution is 3.17. The van der Waals surface area contributed by atoms with Crippen LogP contribution in [0.2, 0.25) is 0 Å². The first-order valence-electron chi connectivity index (χ1n) is 3.50. The quantitative estimate of drug-likeness (QED) is 0.409. The summed E-state index contributed by atoms with van der Waals surface area (Å²) in [7, 11) is 0. The molecule has 0 aliphatic heterocycles. The Labute approximate surface area is 48.6 Å². The molecule has 0 saturated heterocycles. The molecule has 4 aliphatic carbocycles. The Hall–Kier alpha value is -0.260. The van der Waals surface area contributed by atoms with Gasteiger partial charge in [0.05, 0.1) is 0 Å². The third-order valence-electron chi connectivity index (χ3n) is 4.54. The van der Waals surface area contributed by atoms with Crippen molar-refractivity contribution in [2.75, 3.05) is 0 Å². The number of fused-ring (bicyclic) bond motifs is 2. The van der Waals surface area contributed by atoms with E-state index in [2.05, 4.69) is 19.1 Å². The SMILES string of the molecule is CC12C3CC31C21C=C1. The Morgan fingerprint density at radius 3 is 2.25 bits per heavy atom. The van der Waals surface area contributed by atoms with Crippen LogP contribution in [-0.4, -0.2) is 0 Å². The zero-order valence-corrected chi connectivity index (χ0v) is 4.94. The lowest BCUT2D eigenvalue weighted by molar-refractivity contribution is 0.505. The maximum absolute atomic E-state index is 2.46. The first kappa shape index (κ1) is 3.05. The molecule has 0 aromatic heterocycles. The highest BCUT2D eigenvalue weighted by Gasteiger charge is 3.13. The Kier molecular flexibility index (Phi) is 0.150. The molecule has 40 valence electrons. The van der Waals surface area contributed by atoms with Crippen LogP contribution in [0.5, 0.6) is 0 Å². The molecule has 0 aromatic carbocycles. The standard InChI is InChI=1S/C8H8/c1-6-5-4-8(5,6)7(6)2-3-7/h2-3,5H,4H2,1H3. The molecule has 0 amide bonds. The molecule has 0 nitrogen and oxygen atoms in total. The van der Waals surface area contributed by atoms with Gasteiger partial charge < -0.3 is 0 Å². The van der Waals surface area contributed by atoms with Crippen LogP contribution < -0.4 is 0 Å². The van der Waals surface area contributed by atoms with Gasteiger partial charge in [-0.2, -0.15) is 0 Å². The molecule has 0 aromatic rings. The number of rotatable bonds is 0. The van der Waals surface area contributed by atoms with Crippen molar-refractivity contribution in [3.8, 4) is 0 Å². The Morgan fingerprint density at radius 2 is 2.12 bits per heavy atom. The van der Waals surface area contributed by atoms with Crippen LogP contribution in [0, 0.1) is 22.2 Å². The molecular weight excluding hydrogens is 96.1 g/mol. The van der Waals surface area contributed by atoms with Gasteiger partial charge in [-0.05, 0) is 23.2 Å². The van der Waals surface area contributed by atoms with E-state index in [-0.39, 0.29) is 0 Å². The number of allylic oxidation sites excluding steroid dienone is 2. The molecule has 0 heteroatoms. The normalized spacial score (nSPS) is 80.9. The van der Waals surface area contributed by atoms with E-state index in [0.29, 0.717) is 0 Å². The molecule has 8 heavy (non-hydrogen) atoms. The molecule has 4 rings (SSSR count). The molecule has 3 saturated carbocycles. The van der Waals surface area contributed by atoms with Crippen molar-refractivity contribution in [3.05, 3.63) is 12.2 Å². The number of hydrogen-bond donors (Lipinski definition) is 0. The van der Waals surface area contributed by atoms with Crippen LogP contribution in [0.15, 0.2) is 12.2 Å². The van der Waals surface area contributed by atoms with Gasteiger partial charge in [-0.3, -0.25) is 0 Å². The monoisotopic (exact) mass is 104 g/mol. The van der Waals surface area contributed by atoms with E-state index >= 15 is 0 Å². The minimum Gasteiger partial charge on any atom is -0.0765 e. The van der Waals surface area contributed by atoms with Crippen LogP contribution >= 0.6 is 0 Å². The molecule has 3 atom stereocenters. The van der Waals surface area contributed by atoms with Gasteiger partial charge in [-0.25, -0.2) is 0 Å². The van der Waals surface area contributed by atoms with Crippen LogP contribution in [0.4, 0.5) is 0 Å². The number of hydrogen-bond acceptors (Lipinski definition) is 0. The lowest BCUT2D eigenvalue weighted by Gasteiger charge is -2.01. The van der Waals surface area contributed by atoms with Crippen LogP contribution in [0.1, 0.15) is 13.3 Å². The summed E-state index contributed by atoms with van der Waals surface area (Å²) in [5, 5.41) is 0. The summed E-state index contributed by atoms with van der Waals surface area (Å²) >= 11 is 0. The molecule has 2 spiro atoms. The molecular formula is C8H8. The molecule has 0 heterocycles. The van der Waals surface area contributed by atoms with E-state index in [1.807, 2.05) is 0 Å². The van der Waals surface area contributed by atoms with Crippen molar-refractivity contribution < 1.29 is 0 Å². The Balaban J connectivity index is 2.07. The fourth-order valence-corrected chi connectivity index (χ4v) is 3.65. The van der Waals surface area contributed by atoms with Crippen LogP contribution in [0.3, 0.4) is 0 Å². The predicted octanol–water partition coefficient (Wildman–Crippen LogP) is 1.58. The topological polar surface area (TPSA) is 0 Å². The third kappa shape index (κ3) is 0.0706. The van der Waals surface area contributed by atoms with Gasteiger partial charge in [0.15, 0.2) is 0 Å². The molecule has 0 radical (unpaired) electrons. The summed E-state index contributed by atoms with van der Waals surface area (Å²) in [5.74, 6) is 1.19. The molecule has 4 aliphatic rings. The average Bonchev–Trinajstić information content (AvgIpc) is 2.53. The maximum Gasteiger partial charge on any atom is 0.0189 e. The van der Waals surface area contributed by atoms with Gasteiger partial charge in [0.25, 0.3) is 0 Å². The minimum atomic E-state index is 0.755. The van der Waals surface area contributed by atoms with Crippen molar-refractivity contribution in [1.29, 1.82) is 0 Å². The minimum absolute atomic E-state index is 0.755. The summed E-state index contributed by atoms with van der Waals surface area (Å²) in [5.41, 5.74) is 2.52. The van der Waals surface area contributed by atoms with Crippen LogP contribution in [-0.2, 0) is 0 Å². The van der Waals surface area contributed by atoms with Crippen molar-refractivity contribution in [1.82, 2.24) is 0 Å². The van der Waals surface area contributed by atoms with Crippen molar-refractivity contribution in [2.45, 2.75) is 13.3 Å². The third-order valence-corrected chi connectivity index (χ3v) is 4.54. The van der Waals surface area contributed by atoms with Crippen molar-refractivity contribution >= 4 is 0 Å². The summed E-state index contributed by atoms with van der Waals surface area (Å²) in [4.78, 5) is 0. The van der Waals surface area contributed by atoms with E-state index in [0.717, 1.165) is 16.2 Å². The lowest BCUT2D eigenvalue weighted by Crippen LogP contribution is -1.97. The molecule has 3 unspecified atom stereocenters. The summed E-state index contributed by atoms with van der Waals surface area (Å²) in [6, 6.07) is 0. The van der Waals surface area contributed by atoms with Crippen LogP contribution in [0.25, 0.3) is 0 Å². The molecule has 3 fully saturated rings. The van der Waals surface area contributed by atoms with Gasteiger partial charge in [-0.15, -0.1) is 0 Å². The highest BCUT2D eigenvalue weighted by atomic mass is 15.2. The predicted molar refractivity (Wildman–Crippen MR) is 30.2 cm³/mol. The van der Waals surface area contributed by atoms with Gasteiger partial charge in [0, 0.05) is 5.41 Å². The largest absolute Gasteiger partial charge is 0.0765 e. The van der Waals surface area contributed by atoms with Gasteiger partial charge >= 0.3 is 0 Å². The van der Waals surface area contributed by atoms with E-state index in [1.165, 1.54) is 5.92 Å². The fraction of sp³-hybridized carbons (Fsp3) is 0.750. The van der Waals surface area contributed by atoms with Gasteiger partial charge in [0.1, 0.15) is 0 Å². The Morgan fingerprint density at radius 1 is 1.50 bits per heavy atom. The maximum atomic E-state index is 2.46. The summed E-state index contributed by atoms with van der Waals surface area (Å²) < 4.78 is 0. The van der Waals surface area contributed by atoms with Crippen molar-refractivity contribution in [2.24, 2.45) is 22.2 Å². The zero-order valence-electron chi connectivity index (χ0n) is 4.94. The smallest absolute Gasteiger partial charge is 0.0189 e. The first-order chi connectivity index (χ1) is 3.80. The van der Waals surface area contributed by atoms with E-state index in [1.54, 1.807) is 6.42 Å². The van der Waals surface area contributed by atoms with E-state index in [4.69, 9.17) is 0 Å². The average molecular weight is 104 g/mol. The first-order valence-corrected chi connectivity index (χ1v) is 3.50. The second-order valence-electron chi connectivity index (χ2n) is 4.13. The highest BCUT2D eigenvalue weighted by molar-refractivity contribution is 5.70. The fourth-order valence-electron chi connectivity index (χ4n) is 3.65. The second kappa shape index (κ2) is 0.394. The molecule has 0 N–H and O–H groups in total. The van der Waals surface area contributed by atoms with Gasteiger partial charge in [0.2, 0.25) is 0 Å². The summed E-state index contributed by atoms with van der Waals surface area (Å²) in [6.45, 7) is 2.46. The molecule has 0 bridgehead atoms. The van der Waals surface area contributed by atoms with E-state index < -0.39 is 0 Å². The lowest BCUT2D eigenvalue weighted by atomic mass is 10.0.